The largest absolute Gasteiger partial charge is 0.505 e. The summed E-state index contributed by atoms with van der Waals surface area (Å²) in [6, 6.07) is 0. The monoisotopic (exact) mass is 297 g/mol. The molecule has 1 heterocycles. The lowest BCUT2D eigenvalue weighted by Gasteiger charge is -2.09. The van der Waals surface area contributed by atoms with Gasteiger partial charge >= 0.3 is 17.9 Å². The Morgan fingerprint density at radius 2 is 1.81 bits per heavy atom. The Morgan fingerprint density at radius 3 is 2.33 bits per heavy atom. The van der Waals surface area contributed by atoms with E-state index in [0.717, 1.165) is 6.20 Å². The van der Waals surface area contributed by atoms with Crippen molar-refractivity contribution >= 4 is 17.9 Å². The van der Waals surface area contributed by atoms with Gasteiger partial charge in [0.1, 0.15) is 11.3 Å². The molecule has 0 saturated heterocycles. The number of carboxylic acids is 2. The Labute approximate surface area is 120 Å². The van der Waals surface area contributed by atoms with Crippen LogP contribution < -0.4 is 0 Å². The zero-order valence-electron chi connectivity index (χ0n) is 11.3. The third kappa shape index (κ3) is 4.16. The van der Waals surface area contributed by atoms with Crippen molar-refractivity contribution in [1.82, 2.24) is 4.98 Å². The van der Waals surface area contributed by atoms with E-state index in [9.17, 15) is 19.5 Å². The zero-order chi connectivity index (χ0) is 16.0. The molecule has 0 fully saturated rings. The van der Waals surface area contributed by atoms with E-state index in [1.54, 1.807) is 6.92 Å². The molecule has 114 valence electrons. The molecule has 0 bridgehead atoms. The number of ether oxygens (including phenoxy) is 1. The highest BCUT2D eigenvalue weighted by atomic mass is 16.5. The van der Waals surface area contributed by atoms with Crippen molar-refractivity contribution in [1.29, 1.82) is 0 Å². The molecule has 0 amide bonds. The molecule has 8 nitrogen and oxygen atoms in total. The summed E-state index contributed by atoms with van der Waals surface area (Å²) >= 11 is 0. The molecule has 0 aliphatic heterocycles. The standard InChI is InChI=1S/C13H15NO7/c1-2-21-9(16)5-3-4-7-10(12(17)18)11(13(19)20)8(15)6-14-7/h6,15H,2-5H2,1H3,(H,17,18)(H,19,20). The Bertz CT molecular complexity index is 568. The first-order chi connectivity index (χ1) is 9.88. The van der Waals surface area contributed by atoms with E-state index >= 15 is 0 Å². The van der Waals surface area contributed by atoms with Crippen LogP contribution in [0.5, 0.6) is 5.75 Å². The summed E-state index contributed by atoms with van der Waals surface area (Å²) in [4.78, 5) is 37.2. The molecule has 1 aromatic rings. The zero-order valence-corrected chi connectivity index (χ0v) is 11.3. The molecule has 0 aliphatic rings. The number of carboxylic acid groups (broad SMARTS) is 2. The second kappa shape index (κ2) is 7.22. The number of aromatic hydroxyl groups is 1. The number of carbonyl (C=O) groups is 3. The highest BCUT2D eigenvalue weighted by Gasteiger charge is 2.25. The summed E-state index contributed by atoms with van der Waals surface area (Å²) < 4.78 is 4.73. The van der Waals surface area contributed by atoms with Crippen molar-refractivity contribution in [3.05, 3.63) is 23.0 Å². The van der Waals surface area contributed by atoms with Gasteiger partial charge in [0.15, 0.2) is 0 Å². The maximum atomic E-state index is 11.2. The van der Waals surface area contributed by atoms with Crippen LogP contribution >= 0.6 is 0 Å². The summed E-state index contributed by atoms with van der Waals surface area (Å²) in [5, 5.41) is 27.5. The Morgan fingerprint density at radius 1 is 1.19 bits per heavy atom. The maximum Gasteiger partial charge on any atom is 0.340 e. The second-order valence-electron chi connectivity index (χ2n) is 4.11. The van der Waals surface area contributed by atoms with Gasteiger partial charge in [0.05, 0.1) is 24.1 Å². The summed E-state index contributed by atoms with van der Waals surface area (Å²) in [5.74, 6) is -4.19. The number of pyridine rings is 1. The average Bonchev–Trinajstić information content (AvgIpc) is 2.39. The van der Waals surface area contributed by atoms with E-state index in [4.69, 9.17) is 14.9 Å². The first-order valence-corrected chi connectivity index (χ1v) is 6.21. The van der Waals surface area contributed by atoms with Crippen LogP contribution in [-0.2, 0) is 16.0 Å². The van der Waals surface area contributed by atoms with Crippen LogP contribution in [0.1, 0.15) is 46.2 Å². The van der Waals surface area contributed by atoms with Crippen LogP contribution in [0, 0.1) is 0 Å². The van der Waals surface area contributed by atoms with E-state index in [1.807, 2.05) is 0 Å². The molecule has 3 N–H and O–H groups in total. The predicted octanol–water partition coefficient (Wildman–Crippen LogP) is 1.07. The Kier molecular flexibility index (Phi) is 5.65. The van der Waals surface area contributed by atoms with Crippen LogP contribution in [-0.4, -0.2) is 44.8 Å². The first-order valence-electron chi connectivity index (χ1n) is 6.21. The van der Waals surface area contributed by atoms with E-state index in [0.29, 0.717) is 0 Å². The minimum Gasteiger partial charge on any atom is -0.505 e. The molecular weight excluding hydrogens is 282 g/mol. The number of carbonyl (C=O) groups excluding carboxylic acids is 1. The highest BCUT2D eigenvalue weighted by molar-refractivity contribution is 6.04. The van der Waals surface area contributed by atoms with Gasteiger partial charge in [0, 0.05) is 6.42 Å². The van der Waals surface area contributed by atoms with Gasteiger partial charge in [-0.05, 0) is 19.8 Å². The number of hydrogen-bond acceptors (Lipinski definition) is 6. The number of aromatic nitrogens is 1. The molecule has 21 heavy (non-hydrogen) atoms. The lowest BCUT2D eigenvalue weighted by Crippen LogP contribution is -2.14. The molecule has 0 radical (unpaired) electrons. The molecule has 0 saturated carbocycles. The van der Waals surface area contributed by atoms with Gasteiger partial charge in [-0.25, -0.2) is 9.59 Å². The van der Waals surface area contributed by atoms with Crippen molar-refractivity contribution in [2.45, 2.75) is 26.2 Å². The molecule has 0 spiro atoms. The quantitative estimate of drug-likeness (QED) is 0.636. The molecule has 0 aromatic carbocycles. The van der Waals surface area contributed by atoms with Gasteiger partial charge in [0.25, 0.3) is 0 Å². The molecule has 0 aliphatic carbocycles. The van der Waals surface area contributed by atoms with Gasteiger partial charge in [-0.15, -0.1) is 0 Å². The molecular formula is C13H15NO7. The Hall–Kier alpha value is -2.64. The molecule has 1 rings (SSSR count). The fourth-order valence-corrected chi connectivity index (χ4v) is 1.81. The fraction of sp³-hybridized carbons (Fsp3) is 0.385. The number of aryl methyl sites for hydroxylation is 1. The number of rotatable bonds is 7. The van der Waals surface area contributed by atoms with Crippen LogP contribution in [0.2, 0.25) is 0 Å². The summed E-state index contributed by atoms with van der Waals surface area (Å²) in [6.07, 6.45) is 1.30. The highest BCUT2D eigenvalue weighted by Crippen LogP contribution is 2.24. The molecule has 1 aromatic heterocycles. The van der Waals surface area contributed by atoms with Crippen molar-refractivity contribution in [2.24, 2.45) is 0 Å². The maximum absolute atomic E-state index is 11.2. The van der Waals surface area contributed by atoms with Crippen molar-refractivity contribution < 1.29 is 34.4 Å². The van der Waals surface area contributed by atoms with E-state index in [-0.39, 0.29) is 31.6 Å². The normalized spacial score (nSPS) is 10.1. The first kappa shape index (κ1) is 16.4. The lowest BCUT2D eigenvalue weighted by molar-refractivity contribution is -0.143. The minimum atomic E-state index is -1.56. The molecule has 0 unspecified atom stereocenters. The Balaban J connectivity index is 2.97. The predicted molar refractivity (Wildman–Crippen MR) is 69.4 cm³/mol. The number of nitrogens with zero attached hydrogens (tertiary/aromatic N) is 1. The minimum absolute atomic E-state index is 0.00185. The number of esters is 1. The van der Waals surface area contributed by atoms with Gasteiger partial charge in [-0.1, -0.05) is 0 Å². The van der Waals surface area contributed by atoms with Crippen LogP contribution in [0.25, 0.3) is 0 Å². The third-order valence-corrected chi connectivity index (χ3v) is 2.66. The van der Waals surface area contributed by atoms with E-state index < -0.39 is 34.8 Å². The fourth-order valence-electron chi connectivity index (χ4n) is 1.81. The van der Waals surface area contributed by atoms with Crippen molar-refractivity contribution in [2.75, 3.05) is 6.61 Å². The van der Waals surface area contributed by atoms with Crippen LogP contribution in [0.4, 0.5) is 0 Å². The van der Waals surface area contributed by atoms with Crippen molar-refractivity contribution in [3.63, 3.8) is 0 Å². The average molecular weight is 297 g/mol. The van der Waals surface area contributed by atoms with Gasteiger partial charge in [-0.2, -0.15) is 0 Å². The smallest absolute Gasteiger partial charge is 0.340 e. The molecule has 8 heteroatoms. The summed E-state index contributed by atoms with van der Waals surface area (Å²) in [6.45, 7) is 1.92. The van der Waals surface area contributed by atoms with E-state index in [2.05, 4.69) is 4.98 Å². The van der Waals surface area contributed by atoms with E-state index in [1.165, 1.54) is 0 Å². The van der Waals surface area contributed by atoms with Crippen molar-refractivity contribution in [3.8, 4) is 5.75 Å². The third-order valence-electron chi connectivity index (χ3n) is 2.66. The second-order valence-corrected chi connectivity index (χ2v) is 4.11. The molecule has 0 atom stereocenters. The lowest BCUT2D eigenvalue weighted by atomic mass is 10.0. The van der Waals surface area contributed by atoms with Crippen LogP contribution in [0.15, 0.2) is 6.20 Å². The van der Waals surface area contributed by atoms with Crippen LogP contribution in [0.3, 0.4) is 0 Å². The topological polar surface area (TPSA) is 134 Å². The summed E-state index contributed by atoms with van der Waals surface area (Å²) in [7, 11) is 0. The van der Waals surface area contributed by atoms with Gasteiger partial charge in [-0.3, -0.25) is 9.78 Å². The van der Waals surface area contributed by atoms with Gasteiger partial charge < -0.3 is 20.1 Å². The number of aromatic carboxylic acids is 2. The summed E-state index contributed by atoms with van der Waals surface area (Å²) in [5.41, 5.74) is -1.27. The van der Waals surface area contributed by atoms with Gasteiger partial charge in [0.2, 0.25) is 0 Å². The number of hydrogen-bond donors (Lipinski definition) is 3. The SMILES string of the molecule is CCOC(=O)CCCc1ncc(O)c(C(=O)O)c1C(=O)O.